The van der Waals surface area contributed by atoms with Crippen LogP contribution in [0, 0.1) is 12.7 Å². The van der Waals surface area contributed by atoms with E-state index in [9.17, 15) is 4.39 Å². The van der Waals surface area contributed by atoms with Gasteiger partial charge in [0.1, 0.15) is 5.82 Å². The van der Waals surface area contributed by atoms with E-state index in [0.29, 0.717) is 10.9 Å². The Balaban J connectivity index is 2.30. The number of aryl methyl sites for hydroxylation is 1. The van der Waals surface area contributed by atoms with Gasteiger partial charge in [-0.25, -0.2) is 4.39 Å². The molecule has 100 valence electrons. The zero-order valence-corrected chi connectivity index (χ0v) is 12.1. The van der Waals surface area contributed by atoms with Gasteiger partial charge in [-0.2, -0.15) is 0 Å². The molecule has 0 aliphatic rings. The first-order valence-electron chi connectivity index (χ1n) is 5.94. The highest BCUT2D eigenvalue weighted by molar-refractivity contribution is 9.10. The average Bonchev–Trinajstić information content (AvgIpc) is 2.41. The topological polar surface area (TPSA) is 50.9 Å². The number of nitrogens with zero attached hydrogens (tertiary/aromatic N) is 1. The van der Waals surface area contributed by atoms with E-state index in [1.807, 2.05) is 25.1 Å². The molecule has 0 fully saturated rings. The maximum atomic E-state index is 13.5. The highest BCUT2D eigenvalue weighted by atomic mass is 79.9. The summed E-state index contributed by atoms with van der Waals surface area (Å²) in [5, 5.41) is 0. The summed E-state index contributed by atoms with van der Waals surface area (Å²) in [5.74, 6) is 5.34. The van der Waals surface area contributed by atoms with Crippen molar-refractivity contribution in [2.24, 2.45) is 5.84 Å². The van der Waals surface area contributed by atoms with Crippen LogP contribution in [0.4, 0.5) is 4.39 Å². The minimum absolute atomic E-state index is 0.153. The molecule has 0 saturated heterocycles. The lowest BCUT2D eigenvalue weighted by atomic mass is 10.0. The fourth-order valence-corrected chi connectivity index (χ4v) is 2.45. The average molecular weight is 324 g/mol. The van der Waals surface area contributed by atoms with Crippen molar-refractivity contribution in [3.8, 4) is 0 Å². The molecule has 1 aromatic carbocycles. The van der Waals surface area contributed by atoms with Gasteiger partial charge in [0, 0.05) is 6.20 Å². The highest BCUT2D eigenvalue weighted by Crippen LogP contribution is 2.26. The van der Waals surface area contributed by atoms with Crippen LogP contribution in [0.3, 0.4) is 0 Å². The molecule has 0 bridgehead atoms. The molecule has 3 nitrogen and oxygen atoms in total. The minimum Gasteiger partial charge on any atom is -0.271 e. The third-order valence-corrected chi connectivity index (χ3v) is 3.92. The molecule has 0 saturated carbocycles. The number of nitrogens with two attached hydrogens (primary N) is 1. The zero-order valence-electron chi connectivity index (χ0n) is 10.5. The maximum Gasteiger partial charge on any atom is 0.137 e. The SMILES string of the molecule is Cc1cccnc1C(Cc1cccc(F)c1Br)NN. The van der Waals surface area contributed by atoms with Crippen LogP contribution in [0.25, 0.3) is 0 Å². The number of nitrogens with one attached hydrogen (secondary N) is 1. The monoisotopic (exact) mass is 323 g/mol. The Morgan fingerprint density at radius 3 is 2.84 bits per heavy atom. The van der Waals surface area contributed by atoms with Crippen molar-refractivity contribution in [1.82, 2.24) is 10.4 Å². The van der Waals surface area contributed by atoms with Crippen LogP contribution >= 0.6 is 15.9 Å². The summed E-state index contributed by atoms with van der Waals surface area (Å²) < 4.78 is 14.0. The molecule has 3 N–H and O–H groups in total. The van der Waals surface area contributed by atoms with Crippen molar-refractivity contribution >= 4 is 15.9 Å². The highest BCUT2D eigenvalue weighted by Gasteiger charge is 2.16. The summed E-state index contributed by atoms with van der Waals surface area (Å²) in [4.78, 5) is 4.35. The molecule has 0 aliphatic carbocycles. The molecule has 1 unspecified atom stereocenters. The second-order valence-corrected chi connectivity index (χ2v) is 5.13. The Kier molecular flexibility index (Phi) is 4.63. The summed E-state index contributed by atoms with van der Waals surface area (Å²) in [6.45, 7) is 1.98. The Morgan fingerprint density at radius 2 is 2.16 bits per heavy atom. The first-order chi connectivity index (χ1) is 9.13. The molecule has 0 radical (unpaired) electrons. The standard InChI is InChI=1S/C14H15BrFN3/c1-9-4-3-7-18-14(9)12(19-17)8-10-5-2-6-11(16)13(10)15/h2-7,12,19H,8,17H2,1H3. The van der Waals surface area contributed by atoms with E-state index in [4.69, 9.17) is 5.84 Å². The molecule has 1 atom stereocenters. The lowest BCUT2D eigenvalue weighted by Crippen LogP contribution is -2.31. The maximum absolute atomic E-state index is 13.5. The van der Waals surface area contributed by atoms with Gasteiger partial charge < -0.3 is 0 Å². The van der Waals surface area contributed by atoms with Gasteiger partial charge in [-0.1, -0.05) is 18.2 Å². The molecule has 0 amide bonds. The molecule has 1 aromatic heterocycles. The van der Waals surface area contributed by atoms with E-state index in [-0.39, 0.29) is 11.9 Å². The summed E-state index contributed by atoms with van der Waals surface area (Å²) >= 11 is 3.26. The van der Waals surface area contributed by atoms with Crippen LogP contribution in [0.15, 0.2) is 41.0 Å². The number of hydrogen-bond acceptors (Lipinski definition) is 3. The van der Waals surface area contributed by atoms with Crippen molar-refractivity contribution in [2.45, 2.75) is 19.4 Å². The van der Waals surface area contributed by atoms with Crippen LogP contribution < -0.4 is 11.3 Å². The molecule has 2 rings (SSSR count). The zero-order chi connectivity index (χ0) is 13.8. The van der Waals surface area contributed by atoms with Gasteiger partial charge in [0.25, 0.3) is 0 Å². The van der Waals surface area contributed by atoms with Crippen molar-refractivity contribution < 1.29 is 4.39 Å². The van der Waals surface area contributed by atoms with Crippen LogP contribution in [0.5, 0.6) is 0 Å². The van der Waals surface area contributed by atoms with Crippen molar-refractivity contribution in [3.05, 3.63) is 63.6 Å². The first kappa shape index (κ1) is 14.1. The number of hydrazine groups is 1. The van der Waals surface area contributed by atoms with Gasteiger partial charge in [0.2, 0.25) is 0 Å². The third-order valence-electron chi connectivity index (χ3n) is 3.04. The molecule has 0 aliphatic heterocycles. The van der Waals surface area contributed by atoms with Gasteiger partial charge in [-0.05, 0) is 52.5 Å². The second-order valence-electron chi connectivity index (χ2n) is 4.34. The second kappa shape index (κ2) is 6.23. The molecular weight excluding hydrogens is 309 g/mol. The Bertz CT molecular complexity index is 574. The Morgan fingerprint density at radius 1 is 1.37 bits per heavy atom. The molecular formula is C14H15BrFN3. The fraction of sp³-hybridized carbons (Fsp3) is 0.214. The summed E-state index contributed by atoms with van der Waals surface area (Å²) in [6.07, 6.45) is 2.29. The van der Waals surface area contributed by atoms with E-state index in [2.05, 4.69) is 26.3 Å². The first-order valence-corrected chi connectivity index (χ1v) is 6.73. The van der Waals surface area contributed by atoms with Crippen LogP contribution in [0.2, 0.25) is 0 Å². The Labute approximate surface area is 120 Å². The van der Waals surface area contributed by atoms with Gasteiger partial charge in [0.15, 0.2) is 0 Å². The number of aromatic nitrogens is 1. The summed E-state index contributed by atoms with van der Waals surface area (Å²) in [5.41, 5.74) is 5.53. The molecule has 2 aromatic rings. The summed E-state index contributed by atoms with van der Waals surface area (Å²) in [6, 6.07) is 8.69. The lowest BCUT2D eigenvalue weighted by molar-refractivity contribution is 0.531. The van der Waals surface area contributed by atoms with E-state index in [1.165, 1.54) is 6.07 Å². The molecule has 5 heteroatoms. The van der Waals surface area contributed by atoms with Gasteiger partial charge in [-0.3, -0.25) is 16.3 Å². The van der Waals surface area contributed by atoms with E-state index >= 15 is 0 Å². The van der Waals surface area contributed by atoms with Gasteiger partial charge in [0.05, 0.1) is 16.2 Å². The number of benzene rings is 1. The number of rotatable bonds is 4. The van der Waals surface area contributed by atoms with Gasteiger partial charge in [-0.15, -0.1) is 0 Å². The predicted octanol–water partition coefficient (Wildman–Crippen LogP) is 3.04. The molecule has 1 heterocycles. The van der Waals surface area contributed by atoms with Crippen LogP contribution in [-0.4, -0.2) is 4.98 Å². The van der Waals surface area contributed by atoms with Crippen LogP contribution in [0.1, 0.15) is 22.9 Å². The lowest BCUT2D eigenvalue weighted by Gasteiger charge is -2.18. The summed E-state index contributed by atoms with van der Waals surface area (Å²) in [7, 11) is 0. The van der Waals surface area contributed by atoms with Gasteiger partial charge >= 0.3 is 0 Å². The number of halogens is 2. The largest absolute Gasteiger partial charge is 0.271 e. The number of hydrogen-bond donors (Lipinski definition) is 2. The normalized spacial score (nSPS) is 12.4. The van der Waals surface area contributed by atoms with Crippen molar-refractivity contribution in [3.63, 3.8) is 0 Å². The number of pyridine rings is 1. The van der Waals surface area contributed by atoms with E-state index < -0.39 is 0 Å². The molecule has 19 heavy (non-hydrogen) atoms. The third kappa shape index (κ3) is 3.18. The molecule has 0 spiro atoms. The Hall–Kier alpha value is -1.30. The predicted molar refractivity (Wildman–Crippen MR) is 76.8 cm³/mol. The quantitative estimate of drug-likeness (QED) is 0.671. The van der Waals surface area contributed by atoms with E-state index in [0.717, 1.165) is 16.8 Å². The fourth-order valence-electron chi connectivity index (χ4n) is 2.02. The van der Waals surface area contributed by atoms with Crippen molar-refractivity contribution in [1.29, 1.82) is 0 Å². The minimum atomic E-state index is -0.272. The van der Waals surface area contributed by atoms with Crippen molar-refractivity contribution in [2.75, 3.05) is 0 Å². The smallest absolute Gasteiger partial charge is 0.137 e. The van der Waals surface area contributed by atoms with E-state index in [1.54, 1.807) is 12.3 Å². The van der Waals surface area contributed by atoms with Crippen LogP contribution in [-0.2, 0) is 6.42 Å².